The lowest BCUT2D eigenvalue weighted by molar-refractivity contribution is 0.00549. The van der Waals surface area contributed by atoms with Gasteiger partial charge >= 0.3 is 0 Å². The van der Waals surface area contributed by atoms with Crippen LogP contribution in [0.15, 0.2) is 23.1 Å². The SMILES string of the molecule is COC(C)(C)CCOc1cc(S(N)(=O)=O)ccc1N. The minimum Gasteiger partial charge on any atom is -0.491 e. The van der Waals surface area contributed by atoms with Crippen molar-refractivity contribution in [3.05, 3.63) is 18.2 Å². The molecule has 1 aromatic carbocycles. The first-order valence-corrected chi connectivity index (χ1v) is 7.30. The van der Waals surface area contributed by atoms with E-state index >= 15 is 0 Å². The second-order valence-electron chi connectivity index (χ2n) is 4.81. The Morgan fingerprint density at radius 2 is 1.95 bits per heavy atom. The van der Waals surface area contributed by atoms with Gasteiger partial charge in [0.1, 0.15) is 5.75 Å². The molecule has 0 saturated heterocycles. The van der Waals surface area contributed by atoms with Gasteiger partial charge in [-0.1, -0.05) is 0 Å². The van der Waals surface area contributed by atoms with Crippen molar-refractivity contribution >= 4 is 15.7 Å². The molecule has 0 aliphatic heterocycles. The van der Waals surface area contributed by atoms with Crippen LogP contribution in [0.3, 0.4) is 0 Å². The molecule has 0 saturated carbocycles. The van der Waals surface area contributed by atoms with Gasteiger partial charge in [-0.25, -0.2) is 13.6 Å². The van der Waals surface area contributed by atoms with Gasteiger partial charge in [0.05, 0.1) is 22.8 Å². The van der Waals surface area contributed by atoms with E-state index in [9.17, 15) is 8.42 Å². The van der Waals surface area contributed by atoms with Crippen molar-refractivity contribution in [2.24, 2.45) is 5.14 Å². The fourth-order valence-corrected chi connectivity index (χ4v) is 1.85. The standard InChI is InChI=1S/C12H20N2O4S/c1-12(2,17-3)6-7-18-11-8-9(19(14,15)16)4-5-10(11)13/h4-5,8H,6-7,13H2,1-3H3,(H2,14,15,16). The van der Waals surface area contributed by atoms with Crippen LogP contribution in [0.5, 0.6) is 5.75 Å². The minimum absolute atomic E-state index is 0.0253. The maximum Gasteiger partial charge on any atom is 0.238 e. The summed E-state index contributed by atoms with van der Waals surface area (Å²) in [5.74, 6) is 0.304. The summed E-state index contributed by atoms with van der Waals surface area (Å²) in [4.78, 5) is -0.0253. The molecule has 19 heavy (non-hydrogen) atoms. The molecule has 108 valence electrons. The van der Waals surface area contributed by atoms with Gasteiger partial charge in [0.25, 0.3) is 0 Å². The highest BCUT2D eigenvalue weighted by atomic mass is 32.2. The third kappa shape index (κ3) is 4.70. The Labute approximate surface area is 113 Å². The number of anilines is 1. The fourth-order valence-electron chi connectivity index (χ4n) is 1.33. The van der Waals surface area contributed by atoms with E-state index in [1.54, 1.807) is 7.11 Å². The van der Waals surface area contributed by atoms with E-state index < -0.39 is 10.0 Å². The van der Waals surface area contributed by atoms with Crippen LogP contribution in [-0.4, -0.2) is 27.7 Å². The van der Waals surface area contributed by atoms with Gasteiger partial charge in [0.2, 0.25) is 10.0 Å². The Morgan fingerprint density at radius 1 is 1.32 bits per heavy atom. The summed E-state index contributed by atoms with van der Waals surface area (Å²) in [6, 6.07) is 4.12. The monoisotopic (exact) mass is 288 g/mol. The van der Waals surface area contributed by atoms with Crippen molar-refractivity contribution in [3.63, 3.8) is 0 Å². The molecular weight excluding hydrogens is 268 g/mol. The van der Waals surface area contributed by atoms with E-state index in [0.29, 0.717) is 24.5 Å². The average Bonchev–Trinajstić information content (AvgIpc) is 2.30. The zero-order valence-corrected chi connectivity index (χ0v) is 12.2. The smallest absolute Gasteiger partial charge is 0.238 e. The van der Waals surface area contributed by atoms with Gasteiger partial charge in [0.15, 0.2) is 0 Å². The van der Waals surface area contributed by atoms with Crippen molar-refractivity contribution in [2.45, 2.75) is 30.8 Å². The van der Waals surface area contributed by atoms with Crippen LogP contribution >= 0.6 is 0 Å². The lowest BCUT2D eigenvalue weighted by atomic mass is 10.1. The second-order valence-corrected chi connectivity index (χ2v) is 6.37. The zero-order chi connectivity index (χ0) is 14.7. The van der Waals surface area contributed by atoms with Crippen molar-refractivity contribution < 1.29 is 17.9 Å². The third-order valence-corrected chi connectivity index (χ3v) is 3.74. The maximum atomic E-state index is 11.2. The van der Waals surface area contributed by atoms with Gasteiger partial charge in [-0.3, -0.25) is 0 Å². The molecular formula is C12H20N2O4S. The molecule has 4 N–H and O–H groups in total. The van der Waals surface area contributed by atoms with E-state index in [0.717, 1.165) is 0 Å². The molecule has 0 amide bonds. The molecule has 1 aromatic rings. The summed E-state index contributed by atoms with van der Waals surface area (Å²) < 4.78 is 33.2. The Morgan fingerprint density at radius 3 is 2.47 bits per heavy atom. The molecule has 0 atom stereocenters. The summed E-state index contributed by atoms with van der Waals surface area (Å²) in [6.45, 7) is 4.22. The highest BCUT2D eigenvalue weighted by Crippen LogP contribution is 2.25. The topological polar surface area (TPSA) is 105 Å². The number of methoxy groups -OCH3 is 1. The first kappa shape index (κ1) is 15.7. The fraction of sp³-hybridized carbons (Fsp3) is 0.500. The van der Waals surface area contributed by atoms with Crippen molar-refractivity contribution in [1.82, 2.24) is 0 Å². The number of benzene rings is 1. The lowest BCUT2D eigenvalue weighted by Crippen LogP contribution is -2.25. The summed E-state index contributed by atoms with van der Waals surface area (Å²) in [7, 11) is -2.14. The highest BCUT2D eigenvalue weighted by molar-refractivity contribution is 7.89. The lowest BCUT2D eigenvalue weighted by Gasteiger charge is -2.22. The van der Waals surface area contributed by atoms with Crippen LogP contribution in [0.25, 0.3) is 0 Å². The van der Waals surface area contributed by atoms with Gasteiger partial charge in [-0.2, -0.15) is 0 Å². The van der Waals surface area contributed by atoms with E-state index in [1.807, 2.05) is 13.8 Å². The maximum absolute atomic E-state index is 11.2. The van der Waals surface area contributed by atoms with Crippen molar-refractivity contribution in [3.8, 4) is 5.75 Å². The van der Waals surface area contributed by atoms with Crippen molar-refractivity contribution in [2.75, 3.05) is 19.5 Å². The second kappa shape index (κ2) is 5.77. The molecule has 1 rings (SSSR count). The number of sulfonamides is 1. The van der Waals surface area contributed by atoms with Gasteiger partial charge < -0.3 is 15.2 Å². The predicted octanol–water partition coefficient (Wildman–Crippen LogP) is 1.11. The summed E-state index contributed by atoms with van der Waals surface area (Å²) in [5, 5.41) is 5.05. The number of rotatable bonds is 6. The van der Waals surface area contributed by atoms with Gasteiger partial charge in [-0.05, 0) is 26.0 Å². The first-order chi connectivity index (χ1) is 8.65. The molecule has 0 spiro atoms. The van der Waals surface area contributed by atoms with E-state index in [2.05, 4.69) is 0 Å². The van der Waals surface area contributed by atoms with Crippen LogP contribution in [0.4, 0.5) is 5.69 Å². The van der Waals surface area contributed by atoms with Crippen LogP contribution in [0.2, 0.25) is 0 Å². The summed E-state index contributed by atoms with van der Waals surface area (Å²) >= 11 is 0. The third-order valence-electron chi connectivity index (χ3n) is 2.83. The highest BCUT2D eigenvalue weighted by Gasteiger charge is 2.17. The van der Waals surface area contributed by atoms with Crippen LogP contribution in [-0.2, 0) is 14.8 Å². The average molecular weight is 288 g/mol. The zero-order valence-electron chi connectivity index (χ0n) is 11.3. The molecule has 0 fully saturated rings. The number of nitrogens with two attached hydrogens (primary N) is 2. The van der Waals surface area contributed by atoms with E-state index in [-0.39, 0.29) is 10.5 Å². The Balaban J connectivity index is 2.79. The minimum atomic E-state index is -3.76. The molecule has 0 radical (unpaired) electrons. The molecule has 0 aromatic heterocycles. The Hall–Kier alpha value is -1.31. The summed E-state index contributed by atoms with van der Waals surface area (Å²) in [6.07, 6.45) is 0.641. The molecule has 7 heteroatoms. The Kier molecular flexibility index (Phi) is 4.78. The number of ether oxygens (including phenoxy) is 2. The normalized spacial score (nSPS) is 12.4. The predicted molar refractivity (Wildman–Crippen MR) is 73.4 cm³/mol. The number of primary sulfonamides is 1. The Bertz CT molecular complexity index is 541. The molecule has 0 aliphatic carbocycles. The largest absolute Gasteiger partial charge is 0.491 e. The molecule has 0 aliphatic rings. The van der Waals surface area contributed by atoms with Crippen LogP contribution < -0.4 is 15.6 Å². The van der Waals surface area contributed by atoms with Gasteiger partial charge in [0, 0.05) is 19.6 Å². The molecule has 0 bridgehead atoms. The van der Waals surface area contributed by atoms with Crippen LogP contribution in [0, 0.1) is 0 Å². The molecule has 0 unspecified atom stereocenters. The van der Waals surface area contributed by atoms with Crippen molar-refractivity contribution in [1.29, 1.82) is 0 Å². The molecule has 6 nitrogen and oxygen atoms in total. The van der Waals surface area contributed by atoms with E-state index in [1.165, 1.54) is 18.2 Å². The molecule has 0 heterocycles. The number of hydrogen-bond acceptors (Lipinski definition) is 5. The van der Waals surface area contributed by atoms with E-state index in [4.69, 9.17) is 20.3 Å². The van der Waals surface area contributed by atoms with Gasteiger partial charge in [-0.15, -0.1) is 0 Å². The van der Waals surface area contributed by atoms with Crippen LogP contribution in [0.1, 0.15) is 20.3 Å². The quantitative estimate of drug-likeness (QED) is 0.763. The summed E-state index contributed by atoms with van der Waals surface area (Å²) in [5.41, 5.74) is 5.77. The number of hydrogen-bond donors (Lipinski definition) is 2. The first-order valence-electron chi connectivity index (χ1n) is 5.76. The number of nitrogen functional groups attached to an aromatic ring is 1.